The van der Waals surface area contributed by atoms with Crippen LogP contribution in [-0.4, -0.2) is 31.8 Å². The number of ether oxygens (including phenoxy) is 2. The molecule has 1 N–H and O–H groups in total. The maximum atomic E-state index is 11.7. The fraction of sp³-hybridized carbons (Fsp3) is 0.429. The van der Waals surface area contributed by atoms with Gasteiger partial charge in [-0.05, 0) is 37.1 Å². The fourth-order valence-corrected chi connectivity index (χ4v) is 1.86. The van der Waals surface area contributed by atoms with Crippen molar-refractivity contribution in [3.63, 3.8) is 0 Å². The van der Waals surface area contributed by atoms with Crippen LogP contribution in [0, 0.1) is 11.3 Å². The smallest absolute Gasteiger partial charge is 0.250 e. The molecule has 0 saturated carbocycles. The van der Waals surface area contributed by atoms with E-state index in [9.17, 15) is 4.79 Å². The molecule has 1 aliphatic rings. The van der Waals surface area contributed by atoms with Crippen LogP contribution in [0.2, 0.25) is 0 Å². The average molecular weight is 260 g/mol. The first kappa shape index (κ1) is 13.5. The summed E-state index contributed by atoms with van der Waals surface area (Å²) in [7, 11) is 0. The Balaban J connectivity index is 1.75. The molecule has 5 heteroatoms. The minimum absolute atomic E-state index is 0.0463. The van der Waals surface area contributed by atoms with Crippen LogP contribution in [0.5, 0.6) is 0 Å². The lowest BCUT2D eigenvalue weighted by Gasteiger charge is -2.22. The van der Waals surface area contributed by atoms with E-state index in [4.69, 9.17) is 14.7 Å². The number of nitrogens with zero attached hydrogens (tertiary/aromatic N) is 1. The largest absolute Gasteiger partial charge is 0.381 e. The third-order valence-corrected chi connectivity index (χ3v) is 2.92. The van der Waals surface area contributed by atoms with E-state index in [0.29, 0.717) is 24.5 Å². The molecule has 19 heavy (non-hydrogen) atoms. The first-order valence-electron chi connectivity index (χ1n) is 6.27. The number of carbonyl (C=O) groups excluding carboxylic acids is 1. The molecule has 2 rings (SSSR count). The highest BCUT2D eigenvalue weighted by Crippen LogP contribution is 2.11. The highest BCUT2D eigenvalue weighted by Gasteiger charge is 2.15. The van der Waals surface area contributed by atoms with Crippen LogP contribution in [0.4, 0.5) is 5.69 Å². The first-order valence-corrected chi connectivity index (χ1v) is 6.27. The lowest BCUT2D eigenvalue weighted by Crippen LogP contribution is -2.28. The second-order valence-electron chi connectivity index (χ2n) is 4.36. The van der Waals surface area contributed by atoms with Crippen LogP contribution in [-0.2, 0) is 14.3 Å². The Bertz CT molecular complexity index is 459. The fourth-order valence-electron chi connectivity index (χ4n) is 1.86. The van der Waals surface area contributed by atoms with Crippen molar-refractivity contribution in [2.75, 3.05) is 25.1 Å². The molecule has 0 radical (unpaired) electrons. The van der Waals surface area contributed by atoms with Gasteiger partial charge in [0.25, 0.3) is 0 Å². The Morgan fingerprint density at radius 1 is 1.37 bits per heavy atom. The molecule has 100 valence electrons. The molecule has 0 aliphatic carbocycles. The van der Waals surface area contributed by atoms with Crippen molar-refractivity contribution in [3.05, 3.63) is 29.8 Å². The van der Waals surface area contributed by atoms with E-state index in [0.717, 1.165) is 12.8 Å². The predicted octanol–water partition coefficient (Wildman–Crippen LogP) is 1.69. The van der Waals surface area contributed by atoms with Gasteiger partial charge in [-0.3, -0.25) is 4.79 Å². The minimum atomic E-state index is -0.184. The molecule has 0 unspecified atom stereocenters. The Hall–Kier alpha value is -1.90. The Labute approximate surface area is 112 Å². The standard InChI is InChI=1S/C14H16N2O3/c15-9-11-1-3-12(4-2-11)16-14(17)10-19-13-5-7-18-8-6-13/h1-4,13H,5-8,10H2,(H,16,17). The lowest BCUT2D eigenvalue weighted by molar-refractivity contribution is -0.124. The number of nitrogens with one attached hydrogen (secondary N) is 1. The highest BCUT2D eigenvalue weighted by atomic mass is 16.5. The van der Waals surface area contributed by atoms with Gasteiger partial charge in [-0.1, -0.05) is 0 Å². The van der Waals surface area contributed by atoms with Crippen LogP contribution in [0.15, 0.2) is 24.3 Å². The summed E-state index contributed by atoms with van der Waals surface area (Å²) in [6, 6.07) is 8.75. The van der Waals surface area contributed by atoms with Crippen molar-refractivity contribution < 1.29 is 14.3 Å². The van der Waals surface area contributed by atoms with E-state index in [2.05, 4.69) is 5.32 Å². The molecule has 1 amide bonds. The van der Waals surface area contributed by atoms with E-state index in [1.165, 1.54) is 0 Å². The molecule has 0 atom stereocenters. The summed E-state index contributed by atoms with van der Waals surface area (Å²) in [6.07, 6.45) is 1.79. The molecule has 0 bridgehead atoms. The zero-order chi connectivity index (χ0) is 13.5. The number of rotatable bonds is 4. The van der Waals surface area contributed by atoms with E-state index < -0.39 is 0 Å². The SMILES string of the molecule is N#Cc1ccc(NC(=O)COC2CCOCC2)cc1. The first-order chi connectivity index (χ1) is 9.28. The summed E-state index contributed by atoms with van der Waals surface area (Å²) in [5, 5.41) is 11.4. The van der Waals surface area contributed by atoms with Crippen molar-refractivity contribution in [2.24, 2.45) is 0 Å². The molecule has 5 nitrogen and oxygen atoms in total. The van der Waals surface area contributed by atoms with Crippen molar-refractivity contribution in [1.82, 2.24) is 0 Å². The maximum absolute atomic E-state index is 11.7. The molecule has 1 fully saturated rings. The summed E-state index contributed by atoms with van der Waals surface area (Å²) >= 11 is 0. The van der Waals surface area contributed by atoms with Gasteiger partial charge in [-0.2, -0.15) is 5.26 Å². The van der Waals surface area contributed by atoms with Crippen LogP contribution >= 0.6 is 0 Å². The second-order valence-corrected chi connectivity index (χ2v) is 4.36. The average Bonchev–Trinajstić information content (AvgIpc) is 2.47. The summed E-state index contributed by atoms with van der Waals surface area (Å²) in [4.78, 5) is 11.7. The van der Waals surface area contributed by atoms with Crippen molar-refractivity contribution in [3.8, 4) is 6.07 Å². The van der Waals surface area contributed by atoms with Crippen LogP contribution < -0.4 is 5.32 Å². The normalized spacial score (nSPS) is 15.7. The predicted molar refractivity (Wildman–Crippen MR) is 69.6 cm³/mol. The molecular formula is C14H16N2O3. The molecule has 1 aromatic rings. The topological polar surface area (TPSA) is 71.4 Å². The van der Waals surface area contributed by atoms with Crippen molar-refractivity contribution in [1.29, 1.82) is 5.26 Å². The quantitative estimate of drug-likeness (QED) is 0.894. The number of benzene rings is 1. The van der Waals surface area contributed by atoms with Gasteiger partial charge < -0.3 is 14.8 Å². The third kappa shape index (κ3) is 4.36. The number of amides is 1. The maximum Gasteiger partial charge on any atom is 0.250 e. The number of anilines is 1. The van der Waals surface area contributed by atoms with Gasteiger partial charge in [0.1, 0.15) is 6.61 Å². The van der Waals surface area contributed by atoms with Gasteiger partial charge in [0.2, 0.25) is 5.91 Å². The Kier molecular flexibility index (Phi) is 4.90. The summed E-state index contributed by atoms with van der Waals surface area (Å²) in [5.41, 5.74) is 1.23. The number of nitriles is 1. The monoisotopic (exact) mass is 260 g/mol. The summed E-state index contributed by atoms with van der Waals surface area (Å²) in [6.45, 7) is 1.44. The second kappa shape index (κ2) is 6.88. The molecule has 1 saturated heterocycles. The molecule has 1 aliphatic heterocycles. The minimum Gasteiger partial charge on any atom is -0.381 e. The van der Waals surface area contributed by atoms with Gasteiger partial charge in [0.05, 0.1) is 17.7 Å². The highest BCUT2D eigenvalue weighted by molar-refractivity contribution is 5.91. The van der Waals surface area contributed by atoms with E-state index >= 15 is 0 Å². The van der Waals surface area contributed by atoms with Gasteiger partial charge in [0, 0.05) is 18.9 Å². The molecule has 1 heterocycles. The number of hydrogen-bond acceptors (Lipinski definition) is 4. The Morgan fingerprint density at radius 2 is 2.05 bits per heavy atom. The van der Waals surface area contributed by atoms with Crippen LogP contribution in [0.1, 0.15) is 18.4 Å². The third-order valence-electron chi connectivity index (χ3n) is 2.92. The zero-order valence-electron chi connectivity index (χ0n) is 10.6. The van der Waals surface area contributed by atoms with Gasteiger partial charge in [-0.15, -0.1) is 0 Å². The van der Waals surface area contributed by atoms with Gasteiger partial charge in [-0.25, -0.2) is 0 Å². The molecular weight excluding hydrogens is 244 g/mol. The van der Waals surface area contributed by atoms with Gasteiger partial charge in [0.15, 0.2) is 0 Å². The number of hydrogen-bond donors (Lipinski definition) is 1. The Morgan fingerprint density at radius 3 is 2.68 bits per heavy atom. The van der Waals surface area contributed by atoms with Crippen LogP contribution in [0.25, 0.3) is 0 Å². The molecule has 1 aromatic carbocycles. The summed E-state index contributed by atoms with van der Waals surface area (Å²) < 4.78 is 10.7. The van der Waals surface area contributed by atoms with E-state index in [1.54, 1.807) is 24.3 Å². The summed E-state index contributed by atoms with van der Waals surface area (Å²) in [5.74, 6) is -0.184. The lowest BCUT2D eigenvalue weighted by atomic mass is 10.1. The number of carbonyl (C=O) groups is 1. The van der Waals surface area contributed by atoms with E-state index in [1.807, 2.05) is 6.07 Å². The molecule has 0 spiro atoms. The van der Waals surface area contributed by atoms with Crippen LogP contribution in [0.3, 0.4) is 0 Å². The van der Waals surface area contributed by atoms with Gasteiger partial charge >= 0.3 is 0 Å². The van der Waals surface area contributed by atoms with Crippen molar-refractivity contribution >= 4 is 11.6 Å². The molecule has 0 aromatic heterocycles. The zero-order valence-corrected chi connectivity index (χ0v) is 10.6. The van der Waals surface area contributed by atoms with E-state index in [-0.39, 0.29) is 18.6 Å². The van der Waals surface area contributed by atoms with Crippen molar-refractivity contribution in [2.45, 2.75) is 18.9 Å².